The van der Waals surface area contributed by atoms with Crippen LogP contribution in [0.25, 0.3) is 0 Å². The van der Waals surface area contributed by atoms with E-state index in [1.165, 1.54) is 5.56 Å². The fourth-order valence-corrected chi connectivity index (χ4v) is 7.18. The Morgan fingerprint density at radius 1 is 0.804 bits per heavy atom. The van der Waals surface area contributed by atoms with Gasteiger partial charge in [-0.05, 0) is 55.4 Å². The number of piperazine rings is 1. The van der Waals surface area contributed by atoms with E-state index in [0.29, 0.717) is 38.2 Å². The lowest BCUT2D eigenvalue weighted by Crippen LogP contribution is -2.55. The number of amides is 4. The molecule has 2 aromatic carbocycles. The smallest absolute Gasteiger partial charge is 0.270 e. The summed E-state index contributed by atoms with van der Waals surface area (Å²) in [6, 6.07) is 18.6. The number of nitrogens with one attached hydrogen (secondary N) is 3. The molecule has 0 spiro atoms. The number of aromatic nitrogens is 2. The first-order chi connectivity index (χ1) is 24.7. The number of rotatable bonds is 14. The minimum absolute atomic E-state index is 0.0195. The summed E-state index contributed by atoms with van der Waals surface area (Å²) in [5.41, 5.74) is 3.54. The average molecular weight is 698 g/mol. The van der Waals surface area contributed by atoms with Gasteiger partial charge in [0.2, 0.25) is 17.7 Å². The molecule has 1 saturated carbocycles. The van der Waals surface area contributed by atoms with Gasteiger partial charge in [-0.1, -0.05) is 87.2 Å². The Bertz CT molecular complexity index is 1570. The molecule has 0 radical (unpaired) electrons. The molecule has 2 heterocycles. The first kappa shape index (κ1) is 37.7. The van der Waals surface area contributed by atoms with E-state index in [1.807, 2.05) is 61.2 Å². The zero-order valence-corrected chi connectivity index (χ0v) is 30.5. The van der Waals surface area contributed by atoms with Crippen molar-refractivity contribution in [3.8, 4) is 0 Å². The Hall–Kier alpha value is -4.51. The summed E-state index contributed by atoms with van der Waals surface area (Å²) in [5, 5.41) is 13.4. The molecule has 0 bridgehead atoms. The molecule has 5 rings (SSSR count). The molecule has 2 aliphatic rings. The van der Waals surface area contributed by atoms with Crippen LogP contribution < -0.4 is 16.0 Å². The van der Waals surface area contributed by atoms with Gasteiger partial charge in [-0.15, -0.1) is 0 Å². The maximum atomic E-state index is 13.7. The Morgan fingerprint density at radius 2 is 1.47 bits per heavy atom. The van der Waals surface area contributed by atoms with E-state index in [-0.39, 0.29) is 35.6 Å². The predicted octanol–water partition coefficient (Wildman–Crippen LogP) is 4.63. The van der Waals surface area contributed by atoms with Crippen molar-refractivity contribution >= 4 is 23.6 Å². The zero-order chi connectivity index (χ0) is 36.2. The van der Waals surface area contributed by atoms with Crippen LogP contribution in [0.5, 0.6) is 0 Å². The van der Waals surface area contributed by atoms with Gasteiger partial charge < -0.3 is 20.9 Å². The minimum atomic E-state index is -0.653. The van der Waals surface area contributed by atoms with Gasteiger partial charge in [0.25, 0.3) is 5.91 Å². The van der Waals surface area contributed by atoms with Crippen molar-refractivity contribution in [2.24, 2.45) is 5.92 Å². The highest BCUT2D eigenvalue weighted by Crippen LogP contribution is 2.26. The third-order valence-corrected chi connectivity index (χ3v) is 10.1. The zero-order valence-electron chi connectivity index (χ0n) is 30.5. The van der Waals surface area contributed by atoms with Gasteiger partial charge in [-0.3, -0.25) is 28.8 Å². The SMILES string of the molecule is CCC(=O)N[C@H](Cc1ccc(CNC(=O)[C@@H](NC(=O)c2ccnn2C(C)C)C2CCCCCC2)cc1)C(=O)N1CCN(Cc2ccccc2)CC1. The van der Waals surface area contributed by atoms with Crippen molar-refractivity contribution < 1.29 is 19.2 Å². The van der Waals surface area contributed by atoms with Gasteiger partial charge in [0.1, 0.15) is 17.8 Å². The number of benzene rings is 2. The summed E-state index contributed by atoms with van der Waals surface area (Å²) in [4.78, 5) is 57.5. The van der Waals surface area contributed by atoms with Gasteiger partial charge in [0, 0.05) is 64.3 Å². The van der Waals surface area contributed by atoms with Crippen molar-refractivity contribution in [2.75, 3.05) is 26.2 Å². The molecule has 51 heavy (non-hydrogen) atoms. The normalized spacial score (nSPS) is 17.0. The van der Waals surface area contributed by atoms with Crippen LogP contribution in [0.2, 0.25) is 0 Å². The second-order valence-electron chi connectivity index (χ2n) is 14.3. The average Bonchev–Trinajstić information content (AvgIpc) is 3.50. The quantitative estimate of drug-likeness (QED) is 0.211. The first-order valence-corrected chi connectivity index (χ1v) is 18.8. The third kappa shape index (κ3) is 10.7. The van der Waals surface area contributed by atoms with Crippen LogP contribution in [0.3, 0.4) is 0 Å². The van der Waals surface area contributed by atoms with Crippen LogP contribution >= 0.6 is 0 Å². The van der Waals surface area contributed by atoms with Crippen LogP contribution in [-0.4, -0.2) is 81.5 Å². The van der Waals surface area contributed by atoms with Crippen LogP contribution in [-0.2, 0) is 33.9 Å². The molecule has 2 atom stereocenters. The van der Waals surface area contributed by atoms with Gasteiger partial charge in [0.05, 0.1) is 0 Å². The second kappa shape index (κ2) is 18.6. The van der Waals surface area contributed by atoms with E-state index in [0.717, 1.165) is 69.3 Å². The summed E-state index contributed by atoms with van der Waals surface area (Å²) in [6.45, 7) is 9.69. The van der Waals surface area contributed by atoms with E-state index in [4.69, 9.17) is 0 Å². The van der Waals surface area contributed by atoms with Crippen LogP contribution in [0, 0.1) is 5.92 Å². The first-order valence-electron chi connectivity index (χ1n) is 18.8. The molecule has 11 heteroatoms. The van der Waals surface area contributed by atoms with E-state index in [9.17, 15) is 19.2 Å². The summed E-state index contributed by atoms with van der Waals surface area (Å²) >= 11 is 0. The van der Waals surface area contributed by atoms with E-state index in [2.05, 4.69) is 38.1 Å². The molecular weight excluding hydrogens is 642 g/mol. The molecule has 1 saturated heterocycles. The highest BCUT2D eigenvalue weighted by Gasteiger charge is 2.32. The van der Waals surface area contributed by atoms with Crippen molar-refractivity contribution in [1.82, 2.24) is 35.5 Å². The largest absolute Gasteiger partial charge is 0.350 e. The van der Waals surface area contributed by atoms with Crippen LogP contribution in [0.1, 0.15) is 98.9 Å². The summed E-state index contributed by atoms with van der Waals surface area (Å²) < 4.78 is 1.68. The Morgan fingerprint density at radius 3 is 2.12 bits per heavy atom. The predicted molar refractivity (Wildman–Crippen MR) is 198 cm³/mol. The molecule has 1 aliphatic carbocycles. The molecule has 3 aromatic rings. The molecule has 1 aliphatic heterocycles. The monoisotopic (exact) mass is 697 g/mol. The summed E-state index contributed by atoms with van der Waals surface area (Å²) in [6.07, 6.45) is 8.47. The van der Waals surface area contributed by atoms with E-state index >= 15 is 0 Å². The topological polar surface area (TPSA) is 129 Å². The molecule has 274 valence electrons. The van der Waals surface area contributed by atoms with Gasteiger partial charge in [-0.25, -0.2) is 0 Å². The molecule has 1 aromatic heterocycles. The highest BCUT2D eigenvalue weighted by atomic mass is 16.2. The number of nitrogens with zero attached hydrogens (tertiary/aromatic N) is 4. The van der Waals surface area contributed by atoms with Crippen LogP contribution in [0.15, 0.2) is 66.9 Å². The van der Waals surface area contributed by atoms with Gasteiger partial charge in [-0.2, -0.15) is 5.10 Å². The fourth-order valence-electron chi connectivity index (χ4n) is 7.18. The Labute approximate surface area is 302 Å². The van der Waals surface area contributed by atoms with Crippen molar-refractivity contribution in [2.45, 2.75) is 103 Å². The standard InChI is InChI=1S/C40H55N7O4/c1-4-36(48)43-34(40(51)46-24-22-45(23-25-46)28-32-12-8-7-9-13-32)26-30-16-18-31(19-17-30)27-41-39(50)37(33-14-10-5-6-11-15-33)44-38(49)35-20-21-42-47(35)29(2)3/h7-9,12-13,16-21,29,33-34,37H,4-6,10-11,14-15,22-28H2,1-3H3,(H,41,50)(H,43,48)(H,44,49)/t34-,37+/m1/s1. The molecule has 0 unspecified atom stereocenters. The second-order valence-corrected chi connectivity index (χ2v) is 14.3. The molecule has 3 N–H and O–H groups in total. The lowest BCUT2D eigenvalue weighted by atomic mass is 9.91. The fraction of sp³-hybridized carbons (Fsp3) is 0.525. The Kier molecular flexibility index (Phi) is 13.8. The minimum Gasteiger partial charge on any atom is -0.350 e. The van der Waals surface area contributed by atoms with Crippen molar-refractivity contribution in [3.05, 3.63) is 89.2 Å². The lowest BCUT2D eigenvalue weighted by Gasteiger charge is -2.36. The van der Waals surface area contributed by atoms with E-state index in [1.54, 1.807) is 23.9 Å². The van der Waals surface area contributed by atoms with Crippen molar-refractivity contribution in [3.63, 3.8) is 0 Å². The number of hydrogen-bond donors (Lipinski definition) is 3. The molecular formula is C40H55N7O4. The molecule has 2 fully saturated rings. The molecule has 4 amide bonds. The van der Waals surface area contributed by atoms with Crippen LogP contribution in [0.4, 0.5) is 0 Å². The van der Waals surface area contributed by atoms with Crippen molar-refractivity contribution in [1.29, 1.82) is 0 Å². The molecule has 11 nitrogen and oxygen atoms in total. The Balaban J connectivity index is 1.18. The maximum absolute atomic E-state index is 13.7. The lowest BCUT2D eigenvalue weighted by molar-refractivity contribution is -0.138. The highest BCUT2D eigenvalue weighted by molar-refractivity contribution is 5.96. The summed E-state index contributed by atoms with van der Waals surface area (Å²) in [5.74, 6) is -0.626. The van der Waals surface area contributed by atoms with Gasteiger partial charge >= 0.3 is 0 Å². The van der Waals surface area contributed by atoms with Gasteiger partial charge in [0.15, 0.2) is 0 Å². The van der Waals surface area contributed by atoms with E-state index < -0.39 is 12.1 Å². The third-order valence-electron chi connectivity index (χ3n) is 10.1. The number of carbonyl (C=O) groups excluding carboxylic acids is 4. The number of hydrogen-bond acceptors (Lipinski definition) is 6. The number of carbonyl (C=O) groups is 4. The summed E-state index contributed by atoms with van der Waals surface area (Å²) in [7, 11) is 0. The maximum Gasteiger partial charge on any atom is 0.270 e.